The van der Waals surface area contributed by atoms with Crippen LogP contribution >= 0.6 is 0 Å². The molecule has 0 aliphatic heterocycles. The molecular weight excluding hydrogens is 250 g/mol. The number of hydrogen-bond donors (Lipinski definition) is 2. The van der Waals surface area contributed by atoms with Gasteiger partial charge in [-0.2, -0.15) is 0 Å². The number of unbranched alkanes of at least 4 members (excludes halogenated alkanes) is 2. The second kappa shape index (κ2) is 11.3. The highest BCUT2D eigenvalue weighted by Crippen LogP contribution is 2.01. The van der Waals surface area contributed by atoms with Gasteiger partial charge >= 0.3 is 11.9 Å². The lowest BCUT2D eigenvalue weighted by Gasteiger charge is -2.04. The smallest absolute Gasteiger partial charge is 0.306 e. The average Bonchev–Trinajstić information content (AvgIpc) is 2.37. The van der Waals surface area contributed by atoms with E-state index in [0.717, 1.165) is 12.8 Å². The van der Waals surface area contributed by atoms with Crippen LogP contribution in [0.1, 0.15) is 38.5 Å². The van der Waals surface area contributed by atoms with E-state index in [2.05, 4.69) is 11.9 Å². The summed E-state index contributed by atoms with van der Waals surface area (Å²) in [6.45, 7) is 4.18. The first-order valence-electron chi connectivity index (χ1n) is 6.31. The Morgan fingerprint density at radius 3 is 2.47 bits per heavy atom. The number of carboxylic acid groups (broad SMARTS) is 1. The van der Waals surface area contributed by atoms with E-state index in [-0.39, 0.29) is 31.3 Å². The molecule has 0 unspecified atom stereocenters. The number of aliphatic carboxylic acids is 1. The second-order valence-electron chi connectivity index (χ2n) is 4.03. The quantitative estimate of drug-likeness (QED) is 0.335. The molecule has 6 heteroatoms. The minimum absolute atomic E-state index is 0.00319. The Bertz CT molecular complexity index is 314. The van der Waals surface area contributed by atoms with Gasteiger partial charge in [0, 0.05) is 19.4 Å². The van der Waals surface area contributed by atoms with E-state index in [9.17, 15) is 14.4 Å². The number of rotatable bonds is 11. The van der Waals surface area contributed by atoms with Gasteiger partial charge in [-0.05, 0) is 12.8 Å². The number of carbonyl (C=O) groups excluding carboxylic acids is 2. The minimum Gasteiger partial charge on any atom is -0.481 e. The van der Waals surface area contributed by atoms with Gasteiger partial charge in [-0.3, -0.25) is 14.4 Å². The van der Waals surface area contributed by atoms with Gasteiger partial charge in [-0.25, -0.2) is 0 Å². The fourth-order valence-electron chi connectivity index (χ4n) is 1.33. The fourth-order valence-corrected chi connectivity index (χ4v) is 1.33. The van der Waals surface area contributed by atoms with Crippen LogP contribution in [0.2, 0.25) is 0 Å². The van der Waals surface area contributed by atoms with Gasteiger partial charge < -0.3 is 15.2 Å². The van der Waals surface area contributed by atoms with E-state index in [4.69, 9.17) is 9.84 Å². The molecule has 0 radical (unpaired) electrons. The van der Waals surface area contributed by atoms with Crippen LogP contribution in [0.3, 0.4) is 0 Å². The van der Waals surface area contributed by atoms with Crippen LogP contribution in [0.4, 0.5) is 0 Å². The summed E-state index contributed by atoms with van der Waals surface area (Å²) in [4.78, 5) is 32.5. The van der Waals surface area contributed by atoms with E-state index in [1.54, 1.807) is 0 Å². The second-order valence-corrected chi connectivity index (χ2v) is 4.03. The monoisotopic (exact) mass is 271 g/mol. The Morgan fingerprint density at radius 1 is 1.11 bits per heavy atom. The average molecular weight is 271 g/mol. The first-order valence-corrected chi connectivity index (χ1v) is 6.31. The van der Waals surface area contributed by atoms with Gasteiger partial charge in [0.05, 0.1) is 6.42 Å². The minimum atomic E-state index is -0.979. The summed E-state index contributed by atoms with van der Waals surface area (Å²) in [5.41, 5.74) is 0. The van der Waals surface area contributed by atoms with Crippen molar-refractivity contribution in [1.29, 1.82) is 0 Å². The zero-order chi connectivity index (χ0) is 14.5. The third-order valence-corrected chi connectivity index (χ3v) is 2.31. The highest BCUT2D eigenvalue weighted by molar-refractivity contribution is 5.80. The van der Waals surface area contributed by atoms with Crippen molar-refractivity contribution in [2.75, 3.05) is 13.2 Å². The van der Waals surface area contributed by atoms with Crippen molar-refractivity contribution < 1.29 is 24.2 Å². The van der Waals surface area contributed by atoms with Crippen molar-refractivity contribution in [3.8, 4) is 0 Å². The first kappa shape index (κ1) is 17.2. The molecule has 0 aromatic carbocycles. The number of ether oxygens (including phenoxy) is 1. The molecule has 0 saturated heterocycles. The van der Waals surface area contributed by atoms with Gasteiger partial charge in [0.25, 0.3) is 0 Å². The molecule has 0 aromatic rings. The molecule has 2 N–H and O–H groups in total. The molecule has 0 atom stereocenters. The Labute approximate surface area is 112 Å². The largest absolute Gasteiger partial charge is 0.481 e. The van der Waals surface area contributed by atoms with Crippen molar-refractivity contribution in [1.82, 2.24) is 5.32 Å². The lowest BCUT2D eigenvalue weighted by molar-refractivity contribution is -0.142. The van der Waals surface area contributed by atoms with Gasteiger partial charge in [0.2, 0.25) is 5.91 Å². The van der Waals surface area contributed by atoms with E-state index < -0.39 is 5.97 Å². The Morgan fingerprint density at radius 2 is 1.84 bits per heavy atom. The van der Waals surface area contributed by atoms with Gasteiger partial charge in [0.1, 0.15) is 6.61 Å². The van der Waals surface area contributed by atoms with E-state index in [1.165, 1.54) is 6.08 Å². The first-order chi connectivity index (χ1) is 9.06. The Kier molecular flexibility index (Phi) is 10.2. The molecule has 0 aromatic heterocycles. The van der Waals surface area contributed by atoms with Crippen LogP contribution in [0.15, 0.2) is 12.7 Å². The molecule has 0 rings (SSSR count). The Hall–Kier alpha value is -1.85. The van der Waals surface area contributed by atoms with E-state index >= 15 is 0 Å². The number of nitrogens with one attached hydrogen (secondary N) is 1. The lowest BCUT2D eigenvalue weighted by atomic mass is 10.2. The SMILES string of the molecule is C=CCOC(=O)CCCCCNC(=O)CCC(=O)O. The number of amides is 1. The standard InChI is InChI=1S/C13H21NO5/c1-2-10-19-13(18)6-4-3-5-9-14-11(15)7-8-12(16)17/h2H,1,3-10H2,(H,14,15)(H,16,17). The van der Waals surface area contributed by atoms with Crippen molar-refractivity contribution in [3.05, 3.63) is 12.7 Å². The van der Waals surface area contributed by atoms with Gasteiger partial charge in [0.15, 0.2) is 0 Å². The summed E-state index contributed by atoms with van der Waals surface area (Å²) < 4.78 is 4.81. The summed E-state index contributed by atoms with van der Waals surface area (Å²) >= 11 is 0. The Balaban J connectivity index is 3.35. The zero-order valence-electron chi connectivity index (χ0n) is 11.0. The van der Waals surface area contributed by atoms with Crippen LogP contribution in [0, 0.1) is 0 Å². The molecule has 0 aliphatic carbocycles. The third-order valence-electron chi connectivity index (χ3n) is 2.31. The highest BCUT2D eigenvalue weighted by atomic mass is 16.5. The molecule has 0 heterocycles. The molecule has 108 valence electrons. The normalized spacial score (nSPS) is 9.68. The molecule has 0 saturated carbocycles. The van der Waals surface area contributed by atoms with Crippen LogP contribution in [0.5, 0.6) is 0 Å². The van der Waals surface area contributed by atoms with Crippen molar-refractivity contribution in [3.63, 3.8) is 0 Å². The number of esters is 1. The fraction of sp³-hybridized carbons (Fsp3) is 0.615. The maximum atomic E-state index is 11.1. The number of carbonyl (C=O) groups is 3. The molecule has 1 amide bonds. The molecule has 0 aliphatic rings. The molecule has 0 fully saturated rings. The maximum absolute atomic E-state index is 11.1. The topological polar surface area (TPSA) is 92.7 Å². The van der Waals surface area contributed by atoms with E-state index in [1.807, 2.05) is 0 Å². The predicted molar refractivity (Wildman–Crippen MR) is 69.5 cm³/mol. The lowest BCUT2D eigenvalue weighted by Crippen LogP contribution is -2.24. The third kappa shape index (κ3) is 12.4. The van der Waals surface area contributed by atoms with Gasteiger partial charge in [-0.1, -0.05) is 19.1 Å². The summed E-state index contributed by atoms with van der Waals surface area (Å²) in [6.07, 6.45) is 4.01. The van der Waals surface area contributed by atoms with Gasteiger partial charge in [-0.15, -0.1) is 0 Å². The maximum Gasteiger partial charge on any atom is 0.306 e. The summed E-state index contributed by atoms with van der Waals surface area (Å²) in [7, 11) is 0. The summed E-state index contributed by atoms with van der Waals surface area (Å²) in [5, 5.41) is 11.0. The molecule has 0 bridgehead atoms. The summed E-state index contributed by atoms with van der Waals surface area (Å²) in [6, 6.07) is 0. The molecule has 6 nitrogen and oxygen atoms in total. The molecule has 0 spiro atoms. The summed E-state index contributed by atoms with van der Waals surface area (Å²) in [5.74, 6) is -1.48. The molecular formula is C13H21NO5. The van der Waals surface area contributed by atoms with Crippen LogP contribution in [-0.2, 0) is 19.1 Å². The van der Waals surface area contributed by atoms with Crippen molar-refractivity contribution in [2.24, 2.45) is 0 Å². The number of carboxylic acids is 1. The van der Waals surface area contributed by atoms with E-state index in [0.29, 0.717) is 19.4 Å². The highest BCUT2D eigenvalue weighted by Gasteiger charge is 2.04. The van der Waals surface area contributed by atoms with Crippen molar-refractivity contribution in [2.45, 2.75) is 38.5 Å². The van der Waals surface area contributed by atoms with Crippen LogP contribution in [-0.4, -0.2) is 36.1 Å². The molecule has 19 heavy (non-hydrogen) atoms. The van der Waals surface area contributed by atoms with Crippen LogP contribution < -0.4 is 5.32 Å². The number of hydrogen-bond acceptors (Lipinski definition) is 4. The zero-order valence-corrected chi connectivity index (χ0v) is 11.0. The predicted octanol–water partition coefficient (Wildman–Crippen LogP) is 1.26. The van der Waals surface area contributed by atoms with Crippen LogP contribution in [0.25, 0.3) is 0 Å². The van der Waals surface area contributed by atoms with Crippen molar-refractivity contribution >= 4 is 17.8 Å².